The first-order chi connectivity index (χ1) is 9.16. The third kappa shape index (κ3) is 3.75. The summed E-state index contributed by atoms with van der Waals surface area (Å²) >= 11 is 5.75. The topological polar surface area (TPSA) is 90.5 Å². The highest BCUT2D eigenvalue weighted by Gasteiger charge is 2.14. The van der Waals surface area contributed by atoms with Crippen LogP contribution in [0.25, 0.3) is 0 Å². The van der Waals surface area contributed by atoms with Crippen LogP contribution in [0.15, 0.2) is 18.7 Å². The van der Waals surface area contributed by atoms with Gasteiger partial charge in [0.15, 0.2) is 0 Å². The summed E-state index contributed by atoms with van der Waals surface area (Å²) in [6.07, 6.45) is 5.51. The van der Waals surface area contributed by atoms with Crippen LogP contribution >= 0.6 is 11.6 Å². The average Bonchev–Trinajstić information content (AvgIpc) is 3.05. The monoisotopic (exact) mass is 283 g/mol. The highest BCUT2D eigenvalue weighted by Crippen LogP contribution is 2.05. The molecule has 2 rings (SSSR count). The molecule has 1 amide bonds. The van der Waals surface area contributed by atoms with Crippen molar-refractivity contribution in [2.24, 2.45) is 0 Å². The molecule has 0 aliphatic heterocycles. The Balaban J connectivity index is 1.69. The molecule has 0 saturated carbocycles. The van der Waals surface area contributed by atoms with Gasteiger partial charge >= 0.3 is 0 Å². The molecular weight excluding hydrogens is 270 g/mol. The first-order valence-corrected chi connectivity index (χ1v) is 6.23. The number of carbonyl (C=O) groups is 1. The maximum atomic E-state index is 11.8. The van der Waals surface area contributed by atoms with Crippen molar-refractivity contribution in [1.82, 2.24) is 35.3 Å². The zero-order valence-electron chi connectivity index (χ0n) is 10.4. The van der Waals surface area contributed by atoms with E-state index in [9.17, 15) is 4.79 Å². The van der Waals surface area contributed by atoms with E-state index < -0.39 is 6.04 Å². The third-order valence-electron chi connectivity index (χ3n) is 2.61. The molecule has 0 bridgehead atoms. The van der Waals surface area contributed by atoms with Crippen molar-refractivity contribution in [1.29, 1.82) is 0 Å². The second-order valence-corrected chi connectivity index (χ2v) is 4.47. The minimum absolute atomic E-state index is 0.120. The number of rotatable bonds is 6. The van der Waals surface area contributed by atoms with Crippen molar-refractivity contribution in [3.05, 3.63) is 23.7 Å². The van der Waals surface area contributed by atoms with E-state index in [-0.39, 0.29) is 5.91 Å². The molecule has 0 fully saturated rings. The number of carbonyl (C=O) groups excluding carboxylic acids is 1. The van der Waals surface area contributed by atoms with Gasteiger partial charge in [0.2, 0.25) is 5.91 Å². The third-order valence-corrected chi connectivity index (χ3v) is 2.80. The summed E-state index contributed by atoms with van der Waals surface area (Å²) in [5.74, 6) is -0.120. The van der Waals surface area contributed by atoms with Crippen molar-refractivity contribution in [2.45, 2.75) is 25.9 Å². The van der Waals surface area contributed by atoms with Gasteiger partial charge in [0.05, 0.1) is 11.2 Å². The lowest BCUT2D eigenvalue weighted by atomic mass is 10.3. The molecule has 0 saturated heterocycles. The number of aryl methyl sites for hydroxylation is 1. The molecule has 0 aliphatic rings. The first-order valence-electron chi connectivity index (χ1n) is 5.85. The molecule has 1 N–H and O–H groups in total. The van der Waals surface area contributed by atoms with E-state index in [1.165, 1.54) is 11.0 Å². The van der Waals surface area contributed by atoms with Crippen molar-refractivity contribution in [3.63, 3.8) is 0 Å². The van der Waals surface area contributed by atoms with Gasteiger partial charge in [-0.15, -0.1) is 5.10 Å². The van der Waals surface area contributed by atoms with E-state index >= 15 is 0 Å². The second-order valence-electron chi connectivity index (χ2n) is 4.03. The quantitative estimate of drug-likeness (QED) is 0.770. The molecule has 0 spiro atoms. The van der Waals surface area contributed by atoms with Crippen molar-refractivity contribution < 1.29 is 4.79 Å². The summed E-state index contributed by atoms with van der Waals surface area (Å²) in [5, 5.41) is 18.1. The zero-order valence-corrected chi connectivity index (χ0v) is 11.2. The summed E-state index contributed by atoms with van der Waals surface area (Å²) < 4.78 is 3.14. The van der Waals surface area contributed by atoms with Crippen molar-refractivity contribution in [3.8, 4) is 0 Å². The van der Waals surface area contributed by atoms with E-state index in [2.05, 4.69) is 25.9 Å². The van der Waals surface area contributed by atoms with Gasteiger partial charge in [0, 0.05) is 19.3 Å². The summed E-state index contributed by atoms with van der Waals surface area (Å²) in [6.45, 7) is 2.99. The van der Waals surface area contributed by atoms with E-state index in [1.807, 2.05) is 0 Å². The summed E-state index contributed by atoms with van der Waals surface area (Å²) in [5.41, 5.74) is 0. The maximum Gasteiger partial charge on any atom is 0.244 e. The van der Waals surface area contributed by atoms with Gasteiger partial charge in [-0.3, -0.25) is 9.48 Å². The SMILES string of the molecule is C[C@@H](C(=O)NCCCn1cc(Cl)cn1)n1cnnn1. The van der Waals surface area contributed by atoms with Crippen LogP contribution in [0.2, 0.25) is 5.02 Å². The number of tetrazole rings is 1. The summed E-state index contributed by atoms with van der Waals surface area (Å²) in [6, 6.07) is -0.422. The maximum absolute atomic E-state index is 11.8. The number of nitrogens with zero attached hydrogens (tertiary/aromatic N) is 6. The van der Waals surface area contributed by atoms with Crippen LogP contribution in [-0.2, 0) is 11.3 Å². The van der Waals surface area contributed by atoms with Gasteiger partial charge in [0.1, 0.15) is 12.4 Å². The smallest absolute Gasteiger partial charge is 0.244 e. The lowest BCUT2D eigenvalue weighted by Gasteiger charge is -2.11. The Bertz CT molecular complexity index is 524. The fraction of sp³-hybridized carbons (Fsp3) is 0.500. The average molecular weight is 284 g/mol. The van der Waals surface area contributed by atoms with Crippen LogP contribution in [0.5, 0.6) is 0 Å². The van der Waals surface area contributed by atoms with Gasteiger partial charge in [0.25, 0.3) is 0 Å². The van der Waals surface area contributed by atoms with Gasteiger partial charge < -0.3 is 5.32 Å². The lowest BCUT2D eigenvalue weighted by Crippen LogP contribution is -2.32. The standard InChI is InChI=1S/C10H14ClN7O/c1-8(18-7-13-15-16-18)10(19)12-3-2-4-17-6-9(11)5-14-17/h5-8H,2-4H2,1H3,(H,12,19)/t8-/m0/s1. The van der Waals surface area contributed by atoms with Crippen LogP contribution in [0, 0.1) is 0 Å². The summed E-state index contributed by atoms with van der Waals surface area (Å²) in [7, 11) is 0. The highest BCUT2D eigenvalue weighted by molar-refractivity contribution is 6.30. The Morgan fingerprint density at radius 2 is 2.42 bits per heavy atom. The fourth-order valence-corrected chi connectivity index (χ4v) is 1.68. The molecular formula is C10H14ClN7O. The number of halogens is 1. The van der Waals surface area contributed by atoms with Crippen LogP contribution in [0.3, 0.4) is 0 Å². The van der Waals surface area contributed by atoms with E-state index in [1.54, 1.807) is 24.0 Å². The largest absolute Gasteiger partial charge is 0.354 e. The predicted octanol–water partition coefficient (Wildman–Crippen LogP) is 0.290. The normalized spacial score (nSPS) is 12.3. The Labute approximate surface area is 114 Å². The molecule has 2 aromatic rings. The lowest BCUT2D eigenvalue weighted by molar-refractivity contribution is -0.124. The van der Waals surface area contributed by atoms with Crippen molar-refractivity contribution in [2.75, 3.05) is 6.54 Å². The van der Waals surface area contributed by atoms with Crippen LogP contribution in [0.1, 0.15) is 19.4 Å². The number of aromatic nitrogens is 6. The predicted molar refractivity (Wildman–Crippen MR) is 67.4 cm³/mol. The molecule has 2 aromatic heterocycles. The molecule has 9 heteroatoms. The van der Waals surface area contributed by atoms with Gasteiger partial charge in [-0.25, -0.2) is 4.68 Å². The van der Waals surface area contributed by atoms with Gasteiger partial charge in [-0.2, -0.15) is 5.10 Å². The molecule has 0 unspecified atom stereocenters. The minimum Gasteiger partial charge on any atom is -0.354 e. The zero-order chi connectivity index (χ0) is 13.7. The Morgan fingerprint density at radius 3 is 3.05 bits per heavy atom. The Morgan fingerprint density at radius 1 is 1.58 bits per heavy atom. The first kappa shape index (κ1) is 13.5. The Hall–Kier alpha value is -1.96. The molecule has 102 valence electrons. The number of nitrogens with one attached hydrogen (secondary N) is 1. The molecule has 2 heterocycles. The minimum atomic E-state index is -0.422. The second kappa shape index (κ2) is 6.28. The van der Waals surface area contributed by atoms with Crippen molar-refractivity contribution >= 4 is 17.5 Å². The highest BCUT2D eigenvalue weighted by atomic mass is 35.5. The van der Waals surface area contributed by atoms with Crippen LogP contribution < -0.4 is 5.32 Å². The molecule has 0 aromatic carbocycles. The van der Waals surface area contributed by atoms with Gasteiger partial charge in [-0.1, -0.05) is 11.6 Å². The number of hydrogen-bond acceptors (Lipinski definition) is 5. The Kier molecular flexibility index (Phi) is 4.45. The number of hydrogen-bond donors (Lipinski definition) is 1. The van der Waals surface area contributed by atoms with Crippen LogP contribution in [-0.4, -0.2) is 42.4 Å². The van der Waals surface area contributed by atoms with E-state index in [4.69, 9.17) is 11.6 Å². The fourth-order valence-electron chi connectivity index (χ4n) is 1.53. The molecule has 19 heavy (non-hydrogen) atoms. The van der Waals surface area contributed by atoms with Gasteiger partial charge in [-0.05, 0) is 23.8 Å². The molecule has 8 nitrogen and oxygen atoms in total. The molecule has 0 radical (unpaired) electrons. The van der Waals surface area contributed by atoms with E-state index in [0.29, 0.717) is 18.1 Å². The van der Waals surface area contributed by atoms with Crippen LogP contribution in [0.4, 0.5) is 0 Å². The summed E-state index contributed by atoms with van der Waals surface area (Å²) in [4.78, 5) is 11.8. The molecule has 1 atom stereocenters. The van der Waals surface area contributed by atoms with E-state index in [0.717, 1.165) is 6.42 Å². The number of amides is 1. The molecule has 0 aliphatic carbocycles.